The highest BCUT2D eigenvalue weighted by Crippen LogP contribution is 2.46. The number of carboxylic acids is 1. The second kappa shape index (κ2) is 6.55. The molecule has 1 heterocycles. The van der Waals surface area contributed by atoms with Crippen molar-refractivity contribution in [1.29, 1.82) is 0 Å². The summed E-state index contributed by atoms with van der Waals surface area (Å²) in [6, 6.07) is 6.23. The van der Waals surface area contributed by atoms with Crippen LogP contribution in [0.15, 0.2) is 18.2 Å². The summed E-state index contributed by atoms with van der Waals surface area (Å²) >= 11 is 0. The van der Waals surface area contributed by atoms with Crippen molar-refractivity contribution in [2.75, 3.05) is 6.61 Å². The number of carboxylic acid groups (broad SMARTS) is 1. The van der Waals surface area contributed by atoms with E-state index in [0.29, 0.717) is 25.9 Å². The summed E-state index contributed by atoms with van der Waals surface area (Å²) in [5.41, 5.74) is 3.01. The van der Waals surface area contributed by atoms with Crippen LogP contribution in [0.3, 0.4) is 0 Å². The van der Waals surface area contributed by atoms with Crippen LogP contribution in [0.2, 0.25) is 0 Å². The zero-order valence-electron chi connectivity index (χ0n) is 14.3. The van der Waals surface area contributed by atoms with E-state index < -0.39 is 5.97 Å². The Labute approximate surface area is 142 Å². The Hall–Kier alpha value is -1.88. The van der Waals surface area contributed by atoms with Crippen LogP contribution in [0.1, 0.15) is 42.4 Å². The van der Waals surface area contributed by atoms with E-state index >= 15 is 0 Å². The van der Waals surface area contributed by atoms with Gasteiger partial charge in [-0.15, -0.1) is 0 Å². The predicted molar refractivity (Wildman–Crippen MR) is 89.8 cm³/mol. The average molecular weight is 331 g/mol. The second-order valence-corrected chi connectivity index (χ2v) is 7.34. The number of carbonyl (C=O) groups is 2. The topological polar surface area (TPSA) is 75.6 Å². The molecule has 0 aromatic heterocycles. The van der Waals surface area contributed by atoms with E-state index in [1.165, 1.54) is 0 Å². The lowest BCUT2D eigenvalue weighted by Crippen LogP contribution is -2.56. The first-order valence-electron chi connectivity index (χ1n) is 8.59. The summed E-state index contributed by atoms with van der Waals surface area (Å²) in [5, 5.41) is 12.2. The molecule has 130 valence electrons. The number of hydrogen-bond donors (Lipinski definition) is 2. The van der Waals surface area contributed by atoms with E-state index in [-0.39, 0.29) is 23.5 Å². The van der Waals surface area contributed by atoms with Gasteiger partial charge in [0.25, 0.3) is 0 Å². The summed E-state index contributed by atoms with van der Waals surface area (Å²) < 4.78 is 5.83. The zero-order valence-corrected chi connectivity index (χ0v) is 14.3. The quantitative estimate of drug-likeness (QED) is 0.888. The molecule has 1 unspecified atom stereocenters. The Bertz CT molecular complexity index is 649. The maximum atomic E-state index is 12.4. The first kappa shape index (κ1) is 17.0. The minimum Gasteiger partial charge on any atom is -0.481 e. The number of rotatable bonds is 4. The third kappa shape index (κ3) is 3.61. The van der Waals surface area contributed by atoms with Gasteiger partial charge in [-0.2, -0.15) is 0 Å². The molecule has 2 N–H and O–H groups in total. The van der Waals surface area contributed by atoms with Crippen molar-refractivity contribution in [3.63, 3.8) is 0 Å². The normalized spacial score (nSPS) is 29.1. The molecule has 0 radical (unpaired) electrons. The molecular formula is C19H25NO4. The lowest BCUT2D eigenvalue weighted by atomic mass is 9.66. The van der Waals surface area contributed by atoms with Crippen molar-refractivity contribution in [3.05, 3.63) is 34.9 Å². The van der Waals surface area contributed by atoms with Crippen LogP contribution in [-0.4, -0.2) is 35.2 Å². The Kier molecular flexibility index (Phi) is 4.63. The highest BCUT2D eigenvalue weighted by molar-refractivity contribution is 5.79. The van der Waals surface area contributed by atoms with Gasteiger partial charge >= 0.3 is 5.97 Å². The molecule has 24 heavy (non-hydrogen) atoms. The number of carbonyl (C=O) groups excluding carboxylic acids is 1. The lowest BCUT2D eigenvalue weighted by molar-refractivity contribution is -0.182. The minimum absolute atomic E-state index is 0.0276. The van der Waals surface area contributed by atoms with Crippen LogP contribution in [0.4, 0.5) is 0 Å². The number of amides is 1. The fourth-order valence-corrected chi connectivity index (χ4v) is 3.89. The molecule has 1 saturated carbocycles. The monoisotopic (exact) mass is 331 g/mol. The standard InChI is InChI=1S/C19H25NO4/c1-12-3-4-13(2)14(7-12)8-17(21)20-16-5-6-24-19(11-16)9-15(10-19)18(22)23/h3-4,7,15-16H,5-6,8-11H2,1-2H3,(H,20,21)(H,22,23). The van der Waals surface area contributed by atoms with Crippen LogP contribution in [-0.2, 0) is 20.7 Å². The average Bonchev–Trinajstić information content (AvgIpc) is 2.48. The predicted octanol–water partition coefficient (Wildman–Crippen LogP) is 2.37. The molecule has 1 atom stereocenters. The number of ether oxygens (including phenoxy) is 1. The van der Waals surface area contributed by atoms with Crippen LogP contribution in [0.25, 0.3) is 0 Å². The van der Waals surface area contributed by atoms with Crippen molar-refractivity contribution in [1.82, 2.24) is 5.32 Å². The fourth-order valence-electron chi connectivity index (χ4n) is 3.89. The van der Waals surface area contributed by atoms with Gasteiger partial charge < -0.3 is 15.2 Å². The van der Waals surface area contributed by atoms with Crippen molar-refractivity contribution < 1.29 is 19.4 Å². The third-order valence-electron chi connectivity index (χ3n) is 5.30. The van der Waals surface area contributed by atoms with Gasteiger partial charge in [-0.05, 0) is 50.7 Å². The molecule has 1 amide bonds. The van der Waals surface area contributed by atoms with Gasteiger partial charge in [-0.3, -0.25) is 9.59 Å². The second-order valence-electron chi connectivity index (χ2n) is 7.34. The maximum absolute atomic E-state index is 12.4. The highest BCUT2D eigenvalue weighted by Gasteiger charge is 2.51. The molecule has 1 aliphatic heterocycles. The van der Waals surface area contributed by atoms with Gasteiger partial charge in [0.05, 0.1) is 17.9 Å². The molecule has 1 saturated heterocycles. The molecule has 1 aromatic rings. The van der Waals surface area contributed by atoms with E-state index in [9.17, 15) is 9.59 Å². The van der Waals surface area contributed by atoms with Gasteiger partial charge in [-0.25, -0.2) is 0 Å². The maximum Gasteiger partial charge on any atom is 0.306 e. The molecule has 5 heteroatoms. The molecule has 2 aliphatic rings. The Morgan fingerprint density at radius 1 is 1.29 bits per heavy atom. The Morgan fingerprint density at radius 2 is 2.04 bits per heavy atom. The minimum atomic E-state index is -0.745. The molecule has 0 bridgehead atoms. The summed E-state index contributed by atoms with van der Waals surface area (Å²) in [4.78, 5) is 23.4. The van der Waals surface area contributed by atoms with Crippen molar-refractivity contribution in [3.8, 4) is 0 Å². The Morgan fingerprint density at radius 3 is 2.75 bits per heavy atom. The number of aryl methyl sites for hydroxylation is 2. The Balaban J connectivity index is 1.55. The van der Waals surface area contributed by atoms with Crippen LogP contribution in [0.5, 0.6) is 0 Å². The summed E-state index contributed by atoms with van der Waals surface area (Å²) in [6.45, 7) is 4.63. The summed E-state index contributed by atoms with van der Waals surface area (Å²) in [5.74, 6) is -1.01. The molecule has 1 aliphatic carbocycles. The molecule has 2 fully saturated rings. The zero-order chi connectivity index (χ0) is 17.3. The number of aliphatic carboxylic acids is 1. The summed E-state index contributed by atoms with van der Waals surface area (Å²) in [6.07, 6.45) is 3.01. The van der Waals surface area contributed by atoms with Crippen molar-refractivity contribution >= 4 is 11.9 Å². The third-order valence-corrected chi connectivity index (χ3v) is 5.30. The SMILES string of the molecule is Cc1ccc(C)c(CC(=O)NC2CCOC3(C2)CC(C(=O)O)C3)c1. The smallest absolute Gasteiger partial charge is 0.306 e. The van der Waals surface area contributed by atoms with E-state index in [4.69, 9.17) is 9.84 Å². The van der Waals surface area contributed by atoms with Crippen LogP contribution in [0, 0.1) is 19.8 Å². The van der Waals surface area contributed by atoms with E-state index in [1.54, 1.807) is 0 Å². The molecule has 3 rings (SSSR count). The largest absolute Gasteiger partial charge is 0.481 e. The lowest BCUT2D eigenvalue weighted by Gasteiger charge is -2.50. The summed E-state index contributed by atoms with van der Waals surface area (Å²) in [7, 11) is 0. The van der Waals surface area contributed by atoms with Gasteiger partial charge in [0.2, 0.25) is 5.91 Å². The molecule has 1 aromatic carbocycles. The van der Waals surface area contributed by atoms with E-state index in [2.05, 4.69) is 17.4 Å². The molecule has 1 spiro atoms. The van der Waals surface area contributed by atoms with Crippen molar-refractivity contribution in [2.45, 2.75) is 57.6 Å². The molecule has 5 nitrogen and oxygen atoms in total. The van der Waals surface area contributed by atoms with Gasteiger partial charge in [0.15, 0.2) is 0 Å². The van der Waals surface area contributed by atoms with E-state index in [0.717, 1.165) is 29.5 Å². The van der Waals surface area contributed by atoms with Gasteiger partial charge in [-0.1, -0.05) is 23.8 Å². The van der Waals surface area contributed by atoms with E-state index in [1.807, 2.05) is 19.9 Å². The molecular weight excluding hydrogens is 306 g/mol. The van der Waals surface area contributed by atoms with Gasteiger partial charge in [0.1, 0.15) is 0 Å². The van der Waals surface area contributed by atoms with Crippen LogP contribution >= 0.6 is 0 Å². The highest BCUT2D eigenvalue weighted by atomic mass is 16.5. The van der Waals surface area contributed by atoms with Gasteiger partial charge in [0, 0.05) is 12.6 Å². The number of benzene rings is 1. The van der Waals surface area contributed by atoms with Crippen LogP contribution < -0.4 is 5.32 Å². The first-order valence-corrected chi connectivity index (χ1v) is 8.59. The number of nitrogens with one attached hydrogen (secondary N) is 1. The van der Waals surface area contributed by atoms with Crippen molar-refractivity contribution in [2.24, 2.45) is 5.92 Å². The first-order chi connectivity index (χ1) is 11.4. The fraction of sp³-hybridized carbons (Fsp3) is 0.579. The number of hydrogen-bond acceptors (Lipinski definition) is 3.